The molecule has 1 saturated heterocycles. The van der Waals surface area contributed by atoms with E-state index in [0.717, 1.165) is 43.3 Å². The number of benzene rings is 1. The van der Waals surface area contributed by atoms with Crippen LogP contribution >= 0.6 is 11.6 Å². The van der Waals surface area contributed by atoms with Crippen molar-refractivity contribution in [3.05, 3.63) is 40.4 Å². The minimum absolute atomic E-state index is 0.236. The van der Waals surface area contributed by atoms with E-state index in [-0.39, 0.29) is 6.10 Å². The zero-order valence-electron chi connectivity index (χ0n) is 17.0. The molecule has 28 heavy (non-hydrogen) atoms. The van der Waals surface area contributed by atoms with E-state index >= 15 is 0 Å². The topological polar surface area (TPSA) is 42.8 Å². The molecule has 4 nitrogen and oxygen atoms in total. The summed E-state index contributed by atoms with van der Waals surface area (Å²) < 4.78 is 5.74. The first kappa shape index (κ1) is 21.4. The molecule has 154 valence electrons. The van der Waals surface area contributed by atoms with Crippen LogP contribution in [0.1, 0.15) is 57.4 Å². The lowest BCUT2D eigenvalue weighted by Gasteiger charge is -2.26. The predicted molar refractivity (Wildman–Crippen MR) is 117 cm³/mol. The maximum Gasteiger partial charge on any atom is 0.119 e. The summed E-state index contributed by atoms with van der Waals surface area (Å²) in [5, 5.41) is 8.77. The monoisotopic (exact) mass is 404 g/mol. The smallest absolute Gasteiger partial charge is 0.119 e. The number of oxime groups is 1. The Hall–Kier alpha value is -1.36. The van der Waals surface area contributed by atoms with Gasteiger partial charge < -0.3 is 14.9 Å². The molecule has 1 aliphatic carbocycles. The summed E-state index contributed by atoms with van der Waals surface area (Å²) in [6.45, 7) is 5.48. The molecular formula is C23H33ClN2O2. The molecule has 1 N–H and O–H groups in total. The standard InChI is InChI=1S/C23H33ClN2O2/c1-2-3-5-19-6-4-7-20(16-18-8-10-21(24)11-9-18)23(19)26-28-14-12-22-17-25-13-15-27-22/h8-11,16,19,22,25H,2-7,12-15,17H2,1H3/t19-,22+/m1/s1. The van der Waals surface area contributed by atoms with Crippen LogP contribution in [0.5, 0.6) is 0 Å². The van der Waals surface area contributed by atoms with Gasteiger partial charge in [-0.05, 0) is 55.0 Å². The number of hydrogen-bond acceptors (Lipinski definition) is 4. The van der Waals surface area contributed by atoms with Crippen LogP contribution in [0.25, 0.3) is 6.08 Å². The maximum atomic E-state index is 6.03. The Morgan fingerprint density at radius 3 is 2.89 bits per heavy atom. The van der Waals surface area contributed by atoms with Crippen LogP contribution in [0.4, 0.5) is 0 Å². The van der Waals surface area contributed by atoms with Crippen LogP contribution in [0, 0.1) is 5.92 Å². The van der Waals surface area contributed by atoms with E-state index < -0.39 is 0 Å². The maximum absolute atomic E-state index is 6.03. The molecule has 0 amide bonds. The van der Waals surface area contributed by atoms with Gasteiger partial charge in [-0.2, -0.15) is 0 Å². The third-order valence-corrected chi connectivity index (χ3v) is 5.78. The summed E-state index contributed by atoms with van der Waals surface area (Å²) in [4.78, 5) is 5.79. The summed E-state index contributed by atoms with van der Waals surface area (Å²) in [5.41, 5.74) is 3.63. The van der Waals surface area contributed by atoms with Gasteiger partial charge in [0.15, 0.2) is 0 Å². The Balaban J connectivity index is 1.67. The zero-order chi connectivity index (χ0) is 19.6. The zero-order valence-corrected chi connectivity index (χ0v) is 17.7. The van der Waals surface area contributed by atoms with Crippen LogP contribution in [-0.2, 0) is 9.57 Å². The van der Waals surface area contributed by atoms with Crippen molar-refractivity contribution in [3.63, 3.8) is 0 Å². The second-order valence-electron chi connectivity index (χ2n) is 7.75. The average molecular weight is 405 g/mol. The van der Waals surface area contributed by atoms with Gasteiger partial charge in [0.2, 0.25) is 0 Å². The largest absolute Gasteiger partial charge is 0.395 e. The van der Waals surface area contributed by atoms with E-state index in [0.29, 0.717) is 12.5 Å². The Bertz CT molecular complexity index is 651. The minimum atomic E-state index is 0.236. The number of allylic oxidation sites excluding steroid dienone is 1. The normalized spacial score (nSPS) is 25.9. The molecule has 1 aromatic carbocycles. The van der Waals surface area contributed by atoms with Crippen LogP contribution < -0.4 is 5.32 Å². The third kappa shape index (κ3) is 6.61. The fraction of sp³-hybridized carbons (Fsp3) is 0.609. The summed E-state index contributed by atoms with van der Waals surface area (Å²) in [6, 6.07) is 8.02. The number of ether oxygens (including phenoxy) is 1. The molecule has 1 heterocycles. The number of morpholine rings is 1. The van der Waals surface area contributed by atoms with Gasteiger partial charge in [-0.3, -0.25) is 0 Å². The summed E-state index contributed by atoms with van der Waals surface area (Å²) in [5.74, 6) is 0.500. The van der Waals surface area contributed by atoms with Crippen molar-refractivity contribution in [2.45, 2.75) is 58.0 Å². The molecule has 1 aromatic rings. The minimum Gasteiger partial charge on any atom is -0.395 e. The molecule has 0 radical (unpaired) electrons. The second kappa shape index (κ2) is 11.6. The Kier molecular flexibility index (Phi) is 8.84. The first-order valence-corrected chi connectivity index (χ1v) is 11.1. The number of nitrogens with zero attached hydrogens (tertiary/aromatic N) is 1. The molecule has 2 fully saturated rings. The summed E-state index contributed by atoms with van der Waals surface area (Å²) in [7, 11) is 0. The molecular weight excluding hydrogens is 372 g/mol. The molecule has 1 aliphatic heterocycles. The number of rotatable bonds is 8. The van der Waals surface area contributed by atoms with Crippen LogP contribution in [-0.4, -0.2) is 38.1 Å². The highest BCUT2D eigenvalue weighted by molar-refractivity contribution is 6.30. The van der Waals surface area contributed by atoms with E-state index in [1.165, 1.54) is 43.2 Å². The van der Waals surface area contributed by atoms with E-state index in [1.807, 2.05) is 12.1 Å². The molecule has 3 rings (SSSR count). The van der Waals surface area contributed by atoms with Crippen LogP contribution in [0.2, 0.25) is 5.02 Å². The lowest BCUT2D eigenvalue weighted by molar-refractivity contribution is 0.00340. The summed E-state index contributed by atoms with van der Waals surface area (Å²) >= 11 is 6.03. The van der Waals surface area contributed by atoms with Crippen molar-refractivity contribution in [2.24, 2.45) is 11.1 Å². The fourth-order valence-electron chi connectivity index (χ4n) is 3.94. The second-order valence-corrected chi connectivity index (χ2v) is 8.18. The molecule has 2 atom stereocenters. The number of halogens is 1. The van der Waals surface area contributed by atoms with Crippen molar-refractivity contribution in [1.82, 2.24) is 5.32 Å². The van der Waals surface area contributed by atoms with Gasteiger partial charge in [0.1, 0.15) is 6.61 Å². The lowest BCUT2D eigenvalue weighted by atomic mass is 9.80. The lowest BCUT2D eigenvalue weighted by Crippen LogP contribution is -2.38. The molecule has 0 unspecified atom stereocenters. The SMILES string of the molecule is CCCC[C@@H]1CCCC(=Cc2ccc(Cl)cc2)C1=NOCC[C@H]1CNCCO1. The molecule has 0 aromatic heterocycles. The Morgan fingerprint density at radius 2 is 2.14 bits per heavy atom. The van der Waals surface area contributed by atoms with Gasteiger partial charge in [-0.1, -0.05) is 48.7 Å². The van der Waals surface area contributed by atoms with Crippen LogP contribution in [0.15, 0.2) is 35.0 Å². The van der Waals surface area contributed by atoms with E-state index in [2.05, 4.69) is 35.6 Å². The van der Waals surface area contributed by atoms with Gasteiger partial charge in [0, 0.05) is 30.5 Å². The summed E-state index contributed by atoms with van der Waals surface area (Å²) in [6.07, 6.45) is 10.5. The fourth-order valence-corrected chi connectivity index (χ4v) is 4.07. The van der Waals surface area contributed by atoms with Gasteiger partial charge in [-0.25, -0.2) is 0 Å². The Labute approximate surface area is 174 Å². The first-order chi connectivity index (χ1) is 13.8. The van der Waals surface area contributed by atoms with Gasteiger partial charge in [-0.15, -0.1) is 0 Å². The molecule has 0 bridgehead atoms. The number of nitrogens with one attached hydrogen (secondary N) is 1. The predicted octanol–water partition coefficient (Wildman–Crippen LogP) is 5.46. The van der Waals surface area contributed by atoms with Crippen molar-refractivity contribution < 1.29 is 9.57 Å². The van der Waals surface area contributed by atoms with Crippen molar-refractivity contribution >= 4 is 23.4 Å². The van der Waals surface area contributed by atoms with E-state index in [9.17, 15) is 0 Å². The van der Waals surface area contributed by atoms with Crippen molar-refractivity contribution in [1.29, 1.82) is 0 Å². The van der Waals surface area contributed by atoms with E-state index in [4.69, 9.17) is 21.2 Å². The Morgan fingerprint density at radius 1 is 1.29 bits per heavy atom. The highest BCUT2D eigenvalue weighted by Gasteiger charge is 2.25. The quantitative estimate of drug-likeness (QED) is 0.461. The van der Waals surface area contributed by atoms with E-state index in [1.54, 1.807) is 0 Å². The van der Waals surface area contributed by atoms with Gasteiger partial charge in [0.25, 0.3) is 0 Å². The molecule has 2 aliphatic rings. The molecule has 1 saturated carbocycles. The number of hydrogen-bond donors (Lipinski definition) is 1. The number of unbranched alkanes of at least 4 members (excludes halogenated alkanes) is 1. The average Bonchev–Trinajstić information content (AvgIpc) is 2.73. The van der Waals surface area contributed by atoms with Crippen molar-refractivity contribution in [3.8, 4) is 0 Å². The highest BCUT2D eigenvalue weighted by atomic mass is 35.5. The van der Waals surface area contributed by atoms with Gasteiger partial charge >= 0.3 is 0 Å². The van der Waals surface area contributed by atoms with Crippen LogP contribution in [0.3, 0.4) is 0 Å². The first-order valence-electron chi connectivity index (χ1n) is 10.7. The van der Waals surface area contributed by atoms with Gasteiger partial charge in [0.05, 0.1) is 18.4 Å². The molecule has 0 spiro atoms. The third-order valence-electron chi connectivity index (χ3n) is 5.53. The van der Waals surface area contributed by atoms with Crippen molar-refractivity contribution in [2.75, 3.05) is 26.3 Å². The molecule has 5 heteroatoms. The highest BCUT2D eigenvalue weighted by Crippen LogP contribution is 2.31.